The minimum Gasteiger partial charge on any atom is -0.493 e. The van der Waals surface area contributed by atoms with E-state index >= 15 is 0 Å². The lowest BCUT2D eigenvalue weighted by Gasteiger charge is -2.16. The van der Waals surface area contributed by atoms with E-state index in [0.717, 1.165) is 11.8 Å². The molecule has 0 aliphatic heterocycles. The summed E-state index contributed by atoms with van der Waals surface area (Å²) < 4.78 is 11.1. The van der Waals surface area contributed by atoms with Gasteiger partial charge in [0.1, 0.15) is 6.29 Å². The van der Waals surface area contributed by atoms with E-state index in [9.17, 15) is 4.79 Å². The third-order valence-electron chi connectivity index (χ3n) is 2.44. The zero-order valence-corrected chi connectivity index (χ0v) is 11.2. The largest absolute Gasteiger partial charge is 0.493 e. The SMILES string of the molecule is C=CCc1cc(C=O)cc(OC)c1OCC(C)C. The monoisotopic (exact) mass is 248 g/mol. The molecular weight excluding hydrogens is 228 g/mol. The highest BCUT2D eigenvalue weighted by Gasteiger charge is 2.13. The van der Waals surface area contributed by atoms with Crippen LogP contribution in [0.5, 0.6) is 11.5 Å². The van der Waals surface area contributed by atoms with Crippen LogP contribution in [0, 0.1) is 5.92 Å². The second-order valence-corrected chi connectivity index (χ2v) is 4.53. The Balaban J connectivity index is 3.15. The highest BCUT2D eigenvalue weighted by atomic mass is 16.5. The van der Waals surface area contributed by atoms with Crippen molar-refractivity contribution in [3.8, 4) is 11.5 Å². The predicted octanol–water partition coefficient (Wildman–Crippen LogP) is 3.27. The number of allylic oxidation sites excluding steroid dienone is 1. The summed E-state index contributed by atoms with van der Waals surface area (Å²) in [6, 6.07) is 3.50. The molecule has 0 aliphatic rings. The van der Waals surface area contributed by atoms with Gasteiger partial charge in [0.2, 0.25) is 0 Å². The Morgan fingerprint density at radius 3 is 2.61 bits per heavy atom. The van der Waals surface area contributed by atoms with Crippen LogP contribution in [-0.2, 0) is 6.42 Å². The zero-order chi connectivity index (χ0) is 13.5. The highest BCUT2D eigenvalue weighted by molar-refractivity contribution is 5.77. The van der Waals surface area contributed by atoms with Crippen LogP contribution in [0.2, 0.25) is 0 Å². The molecule has 0 atom stereocenters. The Labute approximate surface area is 108 Å². The van der Waals surface area contributed by atoms with E-state index < -0.39 is 0 Å². The first-order valence-electron chi connectivity index (χ1n) is 6.02. The number of aldehydes is 1. The minimum absolute atomic E-state index is 0.428. The average Bonchev–Trinajstić information content (AvgIpc) is 2.36. The Kier molecular flexibility index (Phi) is 5.43. The molecule has 3 nitrogen and oxygen atoms in total. The van der Waals surface area contributed by atoms with Crippen LogP contribution in [0.4, 0.5) is 0 Å². The normalized spacial score (nSPS) is 10.2. The average molecular weight is 248 g/mol. The summed E-state index contributed by atoms with van der Waals surface area (Å²) in [5.74, 6) is 1.73. The summed E-state index contributed by atoms with van der Waals surface area (Å²) in [6.07, 6.45) is 3.23. The second kappa shape index (κ2) is 6.84. The van der Waals surface area contributed by atoms with Crippen molar-refractivity contribution in [1.29, 1.82) is 0 Å². The fourth-order valence-electron chi connectivity index (χ4n) is 1.62. The minimum atomic E-state index is 0.428. The molecule has 0 radical (unpaired) electrons. The van der Waals surface area contributed by atoms with E-state index in [1.807, 2.05) is 6.07 Å². The van der Waals surface area contributed by atoms with Crippen LogP contribution in [0.25, 0.3) is 0 Å². The maximum atomic E-state index is 10.9. The smallest absolute Gasteiger partial charge is 0.164 e. The molecule has 3 heteroatoms. The van der Waals surface area contributed by atoms with E-state index in [1.165, 1.54) is 0 Å². The molecule has 1 aromatic rings. The van der Waals surface area contributed by atoms with Gasteiger partial charge in [-0.1, -0.05) is 19.9 Å². The summed E-state index contributed by atoms with van der Waals surface area (Å²) in [7, 11) is 1.57. The maximum absolute atomic E-state index is 10.9. The predicted molar refractivity (Wildman–Crippen MR) is 72.6 cm³/mol. The number of rotatable bonds is 7. The van der Waals surface area contributed by atoms with Crippen molar-refractivity contribution >= 4 is 6.29 Å². The molecule has 0 N–H and O–H groups in total. The van der Waals surface area contributed by atoms with Gasteiger partial charge in [0.05, 0.1) is 13.7 Å². The van der Waals surface area contributed by atoms with Gasteiger partial charge in [-0.3, -0.25) is 4.79 Å². The molecule has 0 aromatic heterocycles. The molecule has 0 amide bonds. The molecule has 0 spiro atoms. The van der Waals surface area contributed by atoms with Crippen LogP contribution < -0.4 is 9.47 Å². The number of hydrogen-bond acceptors (Lipinski definition) is 3. The van der Waals surface area contributed by atoms with Crippen LogP contribution in [0.15, 0.2) is 24.8 Å². The second-order valence-electron chi connectivity index (χ2n) is 4.53. The molecule has 0 unspecified atom stereocenters. The van der Waals surface area contributed by atoms with Crippen LogP contribution in [-0.4, -0.2) is 20.0 Å². The molecule has 0 bridgehead atoms. The highest BCUT2D eigenvalue weighted by Crippen LogP contribution is 2.33. The molecule has 0 saturated heterocycles. The van der Waals surface area contributed by atoms with E-state index in [2.05, 4.69) is 20.4 Å². The lowest BCUT2D eigenvalue weighted by molar-refractivity contribution is 0.112. The van der Waals surface area contributed by atoms with Crippen molar-refractivity contribution in [2.24, 2.45) is 5.92 Å². The summed E-state index contributed by atoms with van der Waals surface area (Å²) in [5.41, 5.74) is 1.51. The van der Waals surface area contributed by atoms with E-state index in [1.54, 1.807) is 19.3 Å². The lowest BCUT2D eigenvalue weighted by Crippen LogP contribution is -2.08. The molecule has 98 valence electrons. The van der Waals surface area contributed by atoms with Gasteiger partial charge in [0, 0.05) is 11.1 Å². The van der Waals surface area contributed by atoms with Crippen LogP contribution in [0.3, 0.4) is 0 Å². The van der Waals surface area contributed by atoms with Gasteiger partial charge in [-0.05, 0) is 24.5 Å². The van der Waals surface area contributed by atoms with E-state index in [4.69, 9.17) is 9.47 Å². The van der Waals surface area contributed by atoms with Crippen molar-refractivity contribution in [2.45, 2.75) is 20.3 Å². The van der Waals surface area contributed by atoms with Gasteiger partial charge < -0.3 is 9.47 Å². The molecule has 0 saturated carbocycles. The molecule has 1 rings (SSSR count). The van der Waals surface area contributed by atoms with Gasteiger partial charge in [-0.15, -0.1) is 6.58 Å². The van der Waals surface area contributed by atoms with Gasteiger partial charge >= 0.3 is 0 Å². The quantitative estimate of drug-likeness (QED) is 0.549. The summed E-state index contributed by atoms with van der Waals surface area (Å²) >= 11 is 0. The van der Waals surface area contributed by atoms with E-state index in [0.29, 0.717) is 36.0 Å². The van der Waals surface area contributed by atoms with Crippen molar-refractivity contribution in [2.75, 3.05) is 13.7 Å². The molecule has 18 heavy (non-hydrogen) atoms. The van der Waals surface area contributed by atoms with Gasteiger partial charge in [0.25, 0.3) is 0 Å². The molecule has 1 aromatic carbocycles. The van der Waals surface area contributed by atoms with Crippen molar-refractivity contribution in [1.82, 2.24) is 0 Å². The Morgan fingerprint density at radius 2 is 2.11 bits per heavy atom. The Morgan fingerprint density at radius 1 is 1.39 bits per heavy atom. The fraction of sp³-hybridized carbons (Fsp3) is 0.400. The molecule has 0 aliphatic carbocycles. The molecule has 0 heterocycles. The van der Waals surface area contributed by atoms with Crippen LogP contribution in [0.1, 0.15) is 29.8 Å². The number of ether oxygens (including phenoxy) is 2. The Hall–Kier alpha value is -1.77. The number of carbonyl (C=O) groups is 1. The van der Waals surface area contributed by atoms with E-state index in [-0.39, 0.29) is 0 Å². The first-order valence-corrected chi connectivity index (χ1v) is 6.02. The lowest BCUT2D eigenvalue weighted by atomic mass is 10.1. The summed E-state index contributed by atoms with van der Waals surface area (Å²) in [4.78, 5) is 10.9. The van der Waals surface area contributed by atoms with Gasteiger partial charge in [0.15, 0.2) is 11.5 Å². The van der Waals surface area contributed by atoms with Crippen molar-refractivity contribution < 1.29 is 14.3 Å². The third kappa shape index (κ3) is 3.62. The number of methoxy groups -OCH3 is 1. The fourth-order valence-corrected chi connectivity index (χ4v) is 1.62. The summed E-state index contributed by atoms with van der Waals surface area (Å²) in [6.45, 7) is 8.50. The van der Waals surface area contributed by atoms with Crippen LogP contribution >= 0.6 is 0 Å². The summed E-state index contributed by atoms with van der Waals surface area (Å²) in [5, 5.41) is 0. The van der Waals surface area contributed by atoms with Gasteiger partial charge in [-0.25, -0.2) is 0 Å². The first-order chi connectivity index (χ1) is 8.62. The number of benzene rings is 1. The standard InChI is InChI=1S/C15H20O3/c1-5-6-13-7-12(9-16)8-14(17-4)15(13)18-10-11(2)3/h5,7-9,11H,1,6,10H2,2-4H3. The number of carbonyl (C=O) groups excluding carboxylic acids is 1. The first kappa shape index (κ1) is 14.3. The van der Waals surface area contributed by atoms with Crippen molar-refractivity contribution in [3.63, 3.8) is 0 Å². The van der Waals surface area contributed by atoms with Crippen molar-refractivity contribution in [3.05, 3.63) is 35.9 Å². The zero-order valence-electron chi connectivity index (χ0n) is 11.2. The maximum Gasteiger partial charge on any atom is 0.164 e. The Bertz CT molecular complexity index is 422. The third-order valence-corrected chi connectivity index (χ3v) is 2.44. The molecule has 0 fully saturated rings. The number of hydrogen-bond donors (Lipinski definition) is 0. The topological polar surface area (TPSA) is 35.5 Å². The molecular formula is C15H20O3. The van der Waals surface area contributed by atoms with Gasteiger partial charge in [-0.2, -0.15) is 0 Å².